The average Bonchev–Trinajstić information content (AvgIpc) is 3.67. The van der Waals surface area contributed by atoms with Crippen molar-refractivity contribution in [2.24, 2.45) is 4.99 Å². The zero-order valence-electron chi connectivity index (χ0n) is 28.3. The quantitative estimate of drug-likeness (QED) is 0.103. The highest BCUT2D eigenvalue weighted by Crippen LogP contribution is 2.36. The lowest BCUT2D eigenvalue weighted by molar-refractivity contribution is 0.0487. The van der Waals surface area contributed by atoms with Crippen molar-refractivity contribution < 1.29 is 28.6 Å². The van der Waals surface area contributed by atoms with Crippen molar-refractivity contribution in [2.45, 2.75) is 45.2 Å². The van der Waals surface area contributed by atoms with Gasteiger partial charge in [-0.15, -0.1) is 6.42 Å². The third kappa shape index (κ3) is 6.13. The molecule has 5 aromatic rings. The van der Waals surface area contributed by atoms with Crippen molar-refractivity contribution in [1.29, 1.82) is 0 Å². The Labute approximate surface area is 303 Å². The van der Waals surface area contributed by atoms with Crippen LogP contribution in [0.3, 0.4) is 0 Å². The van der Waals surface area contributed by atoms with E-state index in [1.54, 1.807) is 77.7 Å². The van der Waals surface area contributed by atoms with Crippen molar-refractivity contribution in [3.8, 4) is 23.7 Å². The molecule has 2 aliphatic heterocycles. The van der Waals surface area contributed by atoms with Gasteiger partial charge < -0.3 is 14.7 Å². The number of carboxylic acids is 1. The summed E-state index contributed by atoms with van der Waals surface area (Å²) in [5.41, 5.74) is 4.27. The third-order valence-electron chi connectivity index (χ3n) is 9.21. The summed E-state index contributed by atoms with van der Waals surface area (Å²) in [6.45, 7) is 2.04. The number of aromatic carboxylic acids is 1. The fraction of sp³-hybridized carbons (Fsp3) is 0.231. The zero-order chi connectivity index (χ0) is 36.7. The summed E-state index contributed by atoms with van der Waals surface area (Å²) in [5, 5.41) is 10.6. The molecule has 1 atom stereocenters. The molecule has 7 rings (SSSR count). The van der Waals surface area contributed by atoms with Gasteiger partial charge in [0, 0.05) is 35.2 Å². The minimum absolute atomic E-state index is 0.126. The second kappa shape index (κ2) is 13.9. The van der Waals surface area contributed by atoms with Crippen LogP contribution >= 0.6 is 11.6 Å². The van der Waals surface area contributed by atoms with E-state index in [2.05, 4.69) is 15.9 Å². The van der Waals surface area contributed by atoms with E-state index in [4.69, 9.17) is 27.8 Å². The number of carbonyl (C=O) groups is 3. The molecule has 0 aliphatic carbocycles. The van der Waals surface area contributed by atoms with Gasteiger partial charge in [-0.1, -0.05) is 29.7 Å². The zero-order valence-corrected chi connectivity index (χ0v) is 29.0. The first-order chi connectivity index (χ1) is 25.1. The number of unbranched alkanes of at least 4 members (excludes halogenated alkanes) is 2. The van der Waals surface area contributed by atoms with Crippen LogP contribution in [0.1, 0.15) is 97.5 Å². The molecule has 262 valence electrons. The first-order valence-corrected chi connectivity index (χ1v) is 17.0. The maximum atomic E-state index is 15.1. The van der Waals surface area contributed by atoms with Crippen LogP contribution in [0.4, 0.5) is 4.39 Å². The minimum atomic E-state index is -1.19. The smallest absolute Gasteiger partial charge is 0.358 e. The standard InChI is InChI=1S/C39H32ClFN6O5/c1-4-23-13-15-30-26(18-23)33(25-10-7-8-11-28(25)41)43-22(2)36-35(38(49)50)44-32(47(30)36)12-6-5-9-17-52-39(51)34-31-20-45(3)37(48)27-19-24(40)14-16-29(27)46(31)21-42-34/h1,7-8,10-11,13-16,18-19,21-22H,5-6,9,12,17,20H2,2-3H3,(H,49,50)/t22-/m0/s1. The number of aliphatic imine (C=N–C) groups is 1. The summed E-state index contributed by atoms with van der Waals surface area (Å²) in [5.74, 6) is 0.660. The number of imidazole rings is 2. The van der Waals surface area contributed by atoms with Gasteiger partial charge >= 0.3 is 11.9 Å². The van der Waals surface area contributed by atoms with Crippen LogP contribution in [0, 0.1) is 18.2 Å². The highest BCUT2D eigenvalue weighted by Gasteiger charge is 2.32. The maximum Gasteiger partial charge on any atom is 0.358 e. The molecule has 3 aromatic carbocycles. The molecule has 0 spiro atoms. The number of hydrogen-bond acceptors (Lipinski definition) is 7. The number of fused-ring (bicyclic) bond motifs is 6. The first-order valence-electron chi connectivity index (χ1n) is 16.6. The second-order valence-corrected chi connectivity index (χ2v) is 13.0. The van der Waals surface area contributed by atoms with Crippen LogP contribution in [0.2, 0.25) is 5.02 Å². The normalized spacial score (nSPS) is 14.6. The van der Waals surface area contributed by atoms with E-state index >= 15 is 4.39 Å². The number of ether oxygens (including phenoxy) is 1. The van der Waals surface area contributed by atoms with Gasteiger partial charge in [-0.3, -0.25) is 18.9 Å². The Morgan fingerprint density at radius 2 is 1.83 bits per heavy atom. The Kier molecular flexibility index (Phi) is 9.21. The van der Waals surface area contributed by atoms with E-state index in [0.29, 0.717) is 81.7 Å². The largest absolute Gasteiger partial charge is 0.476 e. The molecule has 1 amide bonds. The molecular formula is C39H32ClFN6O5. The number of esters is 1. The molecule has 0 bridgehead atoms. The predicted molar refractivity (Wildman–Crippen MR) is 191 cm³/mol. The molecule has 0 saturated carbocycles. The molecule has 0 fully saturated rings. The lowest BCUT2D eigenvalue weighted by Crippen LogP contribution is -2.26. The molecule has 13 heteroatoms. The lowest BCUT2D eigenvalue weighted by Gasteiger charge is -2.15. The summed E-state index contributed by atoms with van der Waals surface area (Å²) in [6, 6.07) is 15.9. The van der Waals surface area contributed by atoms with E-state index in [0.717, 1.165) is 0 Å². The molecule has 52 heavy (non-hydrogen) atoms. The number of aromatic nitrogens is 4. The Bertz CT molecular complexity index is 2350. The number of amides is 1. The molecule has 4 heterocycles. The maximum absolute atomic E-state index is 15.1. The fourth-order valence-electron chi connectivity index (χ4n) is 6.75. The molecule has 2 aliphatic rings. The van der Waals surface area contributed by atoms with Gasteiger partial charge in [0.15, 0.2) is 11.4 Å². The number of carboxylic acid groups (broad SMARTS) is 1. The highest BCUT2D eigenvalue weighted by molar-refractivity contribution is 6.31. The highest BCUT2D eigenvalue weighted by atomic mass is 35.5. The number of halogens is 2. The molecule has 0 unspecified atom stereocenters. The number of hydrogen-bond donors (Lipinski definition) is 1. The van der Waals surface area contributed by atoms with Gasteiger partial charge in [-0.25, -0.2) is 23.9 Å². The summed E-state index contributed by atoms with van der Waals surface area (Å²) in [4.78, 5) is 53.8. The number of benzene rings is 3. The van der Waals surface area contributed by atoms with Gasteiger partial charge in [0.05, 0.1) is 53.2 Å². The molecule has 0 radical (unpaired) electrons. The van der Waals surface area contributed by atoms with Gasteiger partial charge in [-0.05, 0) is 74.7 Å². The Hall–Kier alpha value is -6.06. The first kappa shape index (κ1) is 34.4. The number of rotatable bonds is 9. The fourth-order valence-corrected chi connectivity index (χ4v) is 6.92. The van der Waals surface area contributed by atoms with Crippen LogP contribution in [-0.2, 0) is 17.7 Å². The molecule has 1 N–H and O–H groups in total. The summed E-state index contributed by atoms with van der Waals surface area (Å²) in [7, 11) is 1.64. The summed E-state index contributed by atoms with van der Waals surface area (Å²) in [6.07, 6.45) is 9.42. The summed E-state index contributed by atoms with van der Waals surface area (Å²) >= 11 is 6.15. The van der Waals surface area contributed by atoms with Crippen LogP contribution < -0.4 is 0 Å². The van der Waals surface area contributed by atoms with E-state index in [-0.39, 0.29) is 36.0 Å². The number of carbonyl (C=O) groups excluding carboxylic acids is 2. The number of nitrogens with zero attached hydrogens (tertiary/aromatic N) is 6. The molecule has 0 saturated heterocycles. The van der Waals surface area contributed by atoms with Crippen LogP contribution in [0.25, 0.3) is 11.4 Å². The third-order valence-corrected chi connectivity index (χ3v) is 9.45. The van der Waals surface area contributed by atoms with Gasteiger partial charge in [-0.2, -0.15) is 0 Å². The average molecular weight is 719 g/mol. The number of aryl methyl sites for hydroxylation is 1. The van der Waals surface area contributed by atoms with Gasteiger partial charge in [0.2, 0.25) is 0 Å². The van der Waals surface area contributed by atoms with E-state index in [9.17, 15) is 19.5 Å². The van der Waals surface area contributed by atoms with Crippen molar-refractivity contribution in [2.75, 3.05) is 13.7 Å². The molecule has 11 nitrogen and oxygen atoms in total. The monoisotopic (exact) mass is 718 g/mol. The van der Waals surface area contributed by atoms with Crippen LogP contribution in [0.5, 0.6) is 0 Å². The second-order valence-electron chi connectivity index (χ2n) is 12.6. The Balaban J connectivity index is 1.08. The van der Waals surface area contributed by atoms with Crippen LogP contribution in [0.15, 0.2) is 72.0 Å². The Morgan fingerprint density at radius 3 is 2.60 bits per heavy atom. The van der Waals surface area contributed by atoms with Crippen molar-refractivity contribution in [1.82, 2.24) is 24.0 Å². The molecular weight excluding hydrogens is 687 g/mol. The van der Waals surface area contributed by atoms with Gasteiger partial charge in [0.25, 0.3) is 5.91 Å². The van der Waals surface area contributed by atoms with E-state index in [1.807, 2.05) is 0 Å². The van der Waals surface area contributed by atoms with Crippen molar-refractivity contribution in [3.05, 3.63) is 129 Å². The van der Waals surface area contributed by atoms with E-state index < -0.39 is 23.8 Å². The molecule has 2 aromatic heterocycles. The van der Waals surface area contributed by atoms with Crippen LogP contribution in [-0.4, -0.2) is 66.3 Å². The number of terminal acetylenes is 1. The predicted octanol–water partition coefficient (Wildman–Crippen LogP) is 6.60. The SMILES string of the molecule is C#Cc1ccc2c(c1)C(c1ccccc1F)=N[C@@H](C)c1c(C(=O)O)nc(CCCCCOC(=O)c3ncn4c3CN(C)C(=O)c3cc(Cl)ccc3-4)n1-2. The summed E-state index contributed by atoms with van der Waals surface area (Å²) < 4.78 is 24.3. The minimum Gasteiger partial charge on any atom is -0.476 e. The Morgan fingerprint density at radius 1 is 1.04 bits per heavy atom. The van der Waals surface area contributed by atoms with Crippen molar-refractivity contribution >= 4 is 35.2 Å². The topological polar surface area (TPSA) is 132 Å². The van der Waals surface area contributed by atoms with Gasteiger partial charge in [0.1, 0.15) is 18.0 Å². The van der Waals surface area contributed by atoms with E-state index in [1.165, 1.54) is 17.3 Å². The lowest BCUT2D eigenvalue weighted by atomic mass is 9.98. The van der Waals surface area contributed by atoms with Crippen molar-refractivity contribution in [3.63, 3.8) is 0 Å².